The van der Waals surface area contributed by atoms with E-state index in [0.717, 1.165) is 0 Å². The van der Waals surface area contributed by atoms with E-state index < -0.39 is 11.9 Å². The van der Waals surface area contributed by atoms with Crippen molar-refractivity contribution in [3.05, 3.63) is 23.0 Å². The maximum absolute atomic E-state index is 14.3. The number of halogens is 3. The maximum Gasteiger partial charge on any atom is 0.433 e. The zero-order valence-corrected chi connectivity index (χ0v) is 19.6. The third-order valence-electron chi connectivity index (χ3n) is 5.87. The molecule has 0 radical (unpaired) electrons. The SMILES string of the molecule is CN/C(=C\C(=NC(C)C)N1CCOC[C@H]1C)c1c(C)nn(C2CCNCC2)c1C(F)(F)F. The highest BCUT2D eigenvalue weighted by Gasteiger charge is 2.42. The lowest BCUT2D eigenvalue weighted by atomic mass is 10.0. The van der Waals surface area contributed by atoms with Crippen LogP contribution in [0.1, 0.15) is 56.6 Å². The summed E-state index contributed by atoms with van der Waals surface area (Å²) < 4.78 is 49.8. The van der Waals surface area contributed by atoms with E-state index in [-0.39, 0.29) is 23.7 Å². The molecule has 3 rings (SSSR count). The number of ether oxygens (including phenoxy) is 1. The first-order valence-corrected chi connectivity index (χ1v) is 11.3. The molecule has 0 unspecified atom stereocenters. The quantitative estimate of drug-likeness (QED) is 0.526. The molecule has 0 saturated carbocycles. The lowest BCUT2D eigenvalue weighted by Crippen LogP contribution is -2.47. The minimum absolute atomic E-state index is 0.00459. The molecule has 1 aromatic heterocycles. The molecule has 0 aliphatic carbocycles. The third-order valence-corrected chi connectivity index (χ3v) is 5.87. The van der Waals surface area contributed by atoms with E-state index in [9.17, 15) is 13.2 Å². The summed E-state index contributed by atoms with van der Waals surface area (Å²) >= 11 is 0. The van der Waals surface area contributed by atoms with Gasteiger partial charge in [0.2, 0.25) is 0 Å². The predicted molar refractivity (Wildman–Crippen MR) is 120 cm³/mol. The third kappa shape index (κ3) is 5.46. The van der Waals surface area contributed by atoms with Gasteiger partial charge in [-0.05, 0) is 53.6 Å². The van der Waals surface area contributed by atoms with Crippen molar-refractivity contribution >= 4 is 11.5 Å². The van der Waals surface area contributed by atoms with Crippen LogP contribution in [0.5, 0.6) is 0 Å². The van der Waals surface area contributed by atoms with Crippen LogP contribution < -0.4 is 10.6 Å². The number of nitrogens with one attached hydrogen (secondary N) is 2. The number of nitrogens with zero attached hydrogens (tertiary/aromatic N) is 4. The van der Waals surface area contributed by atoms with Gasteiger partial charge in [0, 0.05) is 31.4 Å². The molecule has 0 spiro atoms. The van der Waals surface area contributed by atoms with Crippen LogP contribution in [-0.4, -0.2) is 72.5 Å². The number of alkyl halides is 3. The van der Waals surface area contributed by atoms with Gasteiger partial charge in [-0.15, -0.1) is 0 Å². The Labute approximate surface area is 188 Å². The van der Waals surface area contributed by atoms with E-state index >= 15 is 0 Å². The van der Waals surface area contributed by atoms with E-state index in [1.165, 1.54) is 4.68 Å². The summed E-state index contributed by atoms with van der Waals surface area (Å²) in [4.78, 5) is 6.83. The molecule has 2 aliphatic rings. The van der Waals surface area contributed by atoms with E-state index in [4.69, 9.17) is 9.73 Å². The highest BCUT2D eigenvalue weighted by Crippen LogP contribution is 2.39. The Morgan fingerprint density at radius 1 is 1.31 bits per heavy atom. The Bertz CT molecular complexity index is 839. The lowest BCUT2D eigenvalue weighted by Gasteiger charge is -2.35. The minimum Gasteiger partial charge on any atom is -0.387 e. The Kier molecular flexibility index (Phi) is 7.87. The normalized spacial score (nSPS) is 22.0. The average molecular weight is 457 g/mol. The van der Waals surface area contributed by atoms with E-state index in [1.807, 2.05) is 20.8 Å². The fraction of sp³-hybridized carbons (Fsp3) is 0.727. The van der Waals surface area contributed by atoms with Crippen molar-refractivity contribution in [2.75, 3.05) is 39.9 Å². The molecule has 32 heavy (non-hydrogen) atoms. The number of morpholine rings is 1. The monoisotopic (exact) mass is 456 g/mol. The highest BCUT2D eigenvalue weighted by atomic mass is 19.4. The van der Waals surface area contributed by atoms with Crippen LogP contribution in [0.15, 0.2) is 11.1 Å². The summed E-state index contributed by atoms with van der Waals surface area (Å²) in [5.74, 6) is 0.655. The van der Waals surface area contributed by atoms with Crippen molar-refractivity contribution in [1.29, 1.82) is 0 Å². The molecule has 3 heterocycles. The van der Waals surface area contributed by atoms with Crippen molar-refractivity contribution in [3.63, 3.8) is 0 Å². The molecule has 180 valence electrons. The molecule has 1 aromatic rings. The van der Waals surface area contributed by atoms with Gasteiger partial charge in [-0.25, -0.2) is 0 Å². The Morgan fingerprint density at radius 3 is 2.56 bits per heavy atom. The number of amidine groups is 1. The number of hydrogen-bond donors (Lipinski definition) is 2. The molecule has 2 aliphatic heterocycles. The fourth-order valence-corrected chi connectivity index (χ4v) is 4.38. The van der Waals surface area contributed by atoms with E-state index in [1.54, 1.807) is 20.0 Å². The second-order valence-corrected chi connectivity index (χ2v) is 8.74. The number of hydrogen-bond acceptors (Lipinski definition) is 5. The minimum atomic E-state index is -4.53. The predicted octanol–water partition coefficient (Wildman–Crippen LogP) is 3.22. The van der Waals surface area contributed by atoms with Gasteiger partial charge in [0.05, 0.1) is 36.6 Å². The Morgan fingerprint density at radius 2 is 2.00 bits per heavy atom. The maximum atomic E-state index is 14.3. The van der Waals surface area contributed by atoms with Gasteiger partial charge in [0.15, 0.2) is 5.69 Å². The number of aryl methyl sites for hydroxylation is 1. The van der Waals surface area contributed by atoms with Gasteiger partial charge in [-0.1, -0.05) is 0 Å². The highest BCUT2D eigenvalue weighted by molar-refractivity contribution is 5.99. The molecular formula is C22H35F3N6O. The van der Waals surface area contributed by atoms with Gasteiger partial charge in [-0.3, -0.25) is 9.67 Å². The molecule has 0 aromatic carbocycles. The van der Waals surface area contributed by atoms with Gasteiger partial charge in [0.1, 0.15) is 5.84 Å². The molecular weight excluding hydrogens is 421 g/mol. The van der Waals surface area contributed by atoms with E-state index in [0.29, 0.717) is 62.9 Å². The molecule has 10 heteroatoms. The Balaban J connectivity index is 2.12. The van der Waals surface area contributed by atoms with E-state index in [2.05, 4.69) is 20.6 Å². The molecule has 2 fully saturated rings. The van der Waals surface area contributed by atoms with Crippen molar-refractivity contribution in [2.24, 2.45) is 4.99 Å². The van der Waals surface area contributed by atoms with Gasteiger partial charge < -0.3 is 20.3 Å². The number of aromatic nitrogens is 2. The zero-order chi connectivity index (χ0) is 23.5. The number of aliphatic imine (C=N–C) groups is 1. The summed E-state index contributed by atoms with van der Waals surface area (Å²) in [5, 5.41) is 10.6. The van der Waals surface area contributed by atoms with Crippen LogP contribution in [0.25, 0.3) is 5.70 Å². The summed E-state index contributed by atoms with van der Waals surface area (Å²) in [7, 11) is 1.64. The summed E-state index contributed by atoms with van der Waals surface area (Å²) in [6.45, 7) is 10.7. The Hall–Kier alpha value is -2.07. The van der Waals surface area contributed by atoms with Crippen LogP contribution in [0.4, 0.5) is 13.2 Å². The zero-order valence-electron chi connectivity index (χ0n) is 19.6. The average Bonchev–Trinajstić information content (AvgIpc) is 3.09. The largest absolute Gasteiger partial charge is 0.433 e. The van der Waals surface area contributed by atoms with Crippen molar-refractivity contribution in [1.82, 2.24) is 25.3 Å². The topological polar surface area (TPSA) is 66.7 Å². The molecule has 0 bridgehead atoms. The first-order chi connectivity index (χ1) is 15.1. The lowest BCUT2D eigenvalue weighted by molar-refractivity contribution is -0.145. The van der Waals surface area contributed by atoms with Gasteiger partial charge >= 0.3 is 6.18 Å². The second-order valence-electron chi connectivity index (χ2n) is 8.74. The number of piperidine rings is 1. The number of rotatable bonds is 5. The van der Waals surface area contributed by atoms with Crippen molar-refractivity contribution in [2.45, 2.75) is 64.8 Å². The first-order valence-electron chi connectivity index (χ1n) is 11.3. The van der Waals surface area contributed by atoms with Gasteiger partial charge in [0.25, 0.3) is 0 Å². The molecule has 1 atom stereocenters. The molecule has 2 N–H and O–H groups in total. The van der Waals surface area contributed by atoms with Crippen LogP contribution >= 0.6 is 0 Å². The van der Waals surface area contributed by atoms with Crippen molar-refractivity contribution in [3.8, 4) is 0 Å². The first kappa shape index (κ1) is 24.6. The molecule has 2 saturated heterocycles. The summed E-state index contributed by atoms with van der Waals surface area (Å²) in [6, 6.07) is -0.201. The van der Waals surface area contributed by atoms with Crippen LogP contribution in [0.2, 0.25) is 0 Å². The van der Waals surface area contributed by atoms with Crippen LogP contribution in [0.3, 0.4) is 0 Å². The molecule has 0 amide bonds. The standard InChI is InChI=1S/C22H35F3N6O/c1-14(2)28-19(30-10-11-32-13-15(30)3)12-18(26-5)20-16(4)29-31(21(20)22(23,24)25)17-6-8-27-9-7-17/h12,14-15,17,26-27H,6-11,13H2,1-5H3/b18-12-,28-19?/t15-/m1/s1. The van der Waals surface area contributed by atoms with Crippen LogP contribution in [-0.2, 0) is 10.9 Å². The second kappa shape index (κ2) is 10.2. The van der Waals surface area contributed by atoms with Crippen molar-refractivity contribution < 1.29 is 17.9 Å². The van der Waals surface area contributed by atoms with Crippen LogP contribution in [0, 0.1) is 6.92 Å². The van der Waals surface area contributed by atoms with Gasteiger partial charge in [-0.2, -0.15) is 18.3 Å². The smallest absolute Gasteiger partial charge is 0.387 e. The summed E-state index contributed by atoms with van der Waals surface area (Å²) in [5.41, 5.74) is 0.126. The molecule has 7 nitrogen and oxygen atoms in total. The fourth-order valence-electron chi connectivity index (χ4n) is 4.38. The summed E-state index contributed by atoms with van der Waals surface area (Å²) in [6.07, 6.45) is -1.56.